The van der Waals surface area contributed by atoms with E-state index < -0.39 is 0 Å². The average molecular weight is 755 g/mol. The van der Waals surface area contributed by atoms with Crippen molar-refractivity contribution in [3.8, 4) is 22.5 Å². The third-order valence-electron chi connectivity index (χ3n) is 13.9. The summed E-state index contributed by atoms with van der Waals surface area (Å²) < 4.78 is 5.31. The lowest BCUT2D eigenvalue weighted by Gasteiger charge is -2.36. The van der Waals surface area contributed by atoms with Crippen LogP contribution in [0.2, 0.25) is 0 Å². The summed E-state index contributed by atoms with van der Waals surface area (Å²) in [5.41, 5.74) is 17.2. The first-order valence-corrected chi connectivity index (χ1v) is 21.2. The Morgan fingerprint density at radius 2 is 0.831 bits per heavy atom. The molecule has 0 saturated heterocycles. The molecule has 4 heterocycles. The van der Waals surface area contributed by atoms with Crippen LogP contribution in [0.5, 0.6) is 0 Å². The maximum Gasteiger partial charge on any atom is 0.252 e. The summed E-state index contributed by atoms with van der Waals surface area (Å²) in [5.74, 6) is 0. The zero-order valence-corrected chi connectivity index (χ0v) is 34.4. The van der Waals surface area contributed by atoms with E-state index in [4.69, 9.17) is 0 Å². The Hall–Kier alpha value is -6.58. The van der Waals surface area contributed by atoms with Crippen LogP contribution in [0, 0.1) is 0 Å². The molecule has 0 N–H and O–H groups in total. The minimum atomic E-state index is -0.0382. The molecular weight excluding hydrogens is 711 g/mol. The first kappa shape index (κ1) is 33.4. The molecule has 0 fully saturated rings. The van der Waals surface area contributed by atoms with Gasteiger partial charge in [-0.3, -0.25) is 0 Å². The van der Waals surface area contributed by atoms with E-state index in [2.05, 4.69) is 202 Å². The highest BCUT2D eigenvalue weighted by atomic mass is 15.0. The number of hydrogen-bond donors (Lipinski definition) is 0. The predicted octanol–water partition coefficient (Wildman–Crippen LogP) is 12.7. The molecule has 2 aromatic heterocycles. The van der Waals surface area contributed by atoms with E-state index in [0.29, 0.717) is 0 Å². The summed E-state index contributed by atoms with van der Waals surface area (Å²) in [6.07, 6.45) is 0. The number of nitrogens with zero attached hydrogens (tertiary/aromatic N) is 2. The summed E-state index contributed by atoms with van der Waals surface area (Å²) in [6, 6.07) is 58.5. The molecule has 0 radical (unpaired) electrons. The molecule has 2 aliphatic heterocycles. The molecule has 59 heavy (non-hydrogen) atoms. The molecule has 13 rings (SSSR count). The van der Waals surface area contributed by atoms with Gasteiger partial charge in [-0.2, -0.15) is 0 Å². The van der Waals surface area contributed by atoms with Crippen LogP contribution < -0.4 is 16.4 Å². The van der Waals surface area contributed by atoms with Gasteiger partial charge < -0.3 is 9.13 Å². The van der Waals surface area contributed by atoms with Gasteiger partial charge in [-0.05, 0) is 130 Å². The van der Waals surface area contributed by atoms with Crippen molar-refractivity contribution in [3.63, 3.8) is 0 Å². The molecule has 280 valence electrons. The van der Waals surface area contributed by atoms with Crippen LogP contribution in [0.3, 0.4) is 0 Å². The second-order valence-electron chi connectivity index (χ2n) is 19.4. The lowest BCUT2D eigenvalue weighted by molar-refractivity contribution is 0.591. The zero-order chi connectivity index (χ0) is 39.7. The largest absolute Gasteiger partial charge is 0.310 e. The van der Waals surface area contributed by atoms with Crippen LogP contribution in [0.1, 0.15) is 52.7 Å². The van der Waals surface area contributed by atoms with E-state index >= 15 is 0 Å². The van der Waals surface area contributed by atoms with E-state index in [1.54, 1.807) is 0 Å². The predicted molar refractivity (Wildman–Crippen MR) is 255 cm³/mol. The number of aromatic nitrogens is 2. The summed E-state index contributed by atoms with van der Waals surface area (Å²) in [5, 5.41) is 13.0. The van der Waals surface area contributed by atoms with Crippen molar-refractivity contribution in [2.75, 3.05) is 0 Å². The average Bonchev–Trinajstić information content (AvgIpc) is 3.73. The van der Waals surface area contributed by atoms with Crippen molar-refractivity contribution >= 4 is 99.0 Å². The van der Waals surface area contributed by atoms with Gasteiger partial charge in [-0.1, -0.05) is 145 Å². The molecule has 0 bridgehead atoms. The van der Waals surface area contributed by atoms with Crippen LogP contribution >= 0.6 is 0 Å². The second kappa shape index (κ2) is 11.1. The highest BCUT2D eigenvalue weighted by molar-refractivity contribution is 7.00. The SMILES string of the molecule is CC(C)(C)c1cc2c3c(c1)c1cc4ccccc4cc1n3-c1cc(-c3cccc4ccccc34)cc3c1B2c1cc(C(C)(C)C)cc2c4cc5ccccc5cc4n-3c12. The van der Waals surface area contributed by atoms with Crippen molar-refractivity contribution in [2.24, 2.45) is 0 Å². The van der Waals surface area contributed by atoms with Crippen molar-refractivity contribution in [1.29, 1.82) is 0 Å². The van der Waals surface area contributed by atoms with Crippen LogP contribution in [0.25, 0.3) is 98.4 Å². The van der Waals surface area contributed by atoms with Gasteiger partial charge in [0.15, 0.2) is 0 Å². The fraction of sp³-hybridized carbons (Fsp3) is 0.143. The van der Waals surface area contributed by atoms with Crippen molar-refractivity contribution in [3.05, 3.63) is 163 Å². The third kappa shape index (κ3) is 4.43. The monoisotopic (exact) mass is 754 g/mol. The molecular formula is C56H43BN2. The molecule has 9 aromatic carbocycles. The Kier molecular flexibility index (Phi) is 6.30. The van der Waals surface area contributed by atoms with Gasteiger partial charge in [-0.15, -0.1) is 0 Å². The van der Waals surface area contributed by atoms with Gasteiger partial charge in [0, 0.05) is 44.0 Å². The van der Waals surface area contributed by atoms with Crippen LogP contribution in [-0.2, 0) is 10.8 Å². The molecule has 0 saturated carbocycles. The smallest absolute Gasteiger partial charge is 0.252 e. The lowest BCUT2D eigenvalue weighted by Crippen LogP contribution is -2.59. The van der Waals surface area contributed by atoms with Crippen LogP contribution in [0.15, 0.2) is 152 Å². The molecule has 2 aliphatic rings. The second-order valence-corrected chi connectivity index (χ2v) is 19.4. The summed E-state index contributed by atoms with van der Waals surface area (Å²) in [7, 11) is 0. The molecule has 0 aliphatic carbocycles. The van der Waals surface area contributed by atoms with E-state index in [0.717, 1.165) is 0 Å². The molecule has 0 atom stereocenters. The maximum absolute atomic E-state index is 2.65. The number of rotatable bonds is 1. The first-order chi connectivity index (χ1) is 28.5. The van der Waals surface area contributed by atoms with Gasteiger partial charge in [0.25, 0.3) is 6.71 Å². The summed E-state index contributed by atoms with van der Waals surface area (Å²) in [4.78, 5) is 0. The fourth-order valence-electron chi connectivity index (χ4n) is 10.9. The van der Waals surface area contributed by atoms with E-state index in [9.17, 15) is 0 Å². The van der Waals surface area contributed by atoms with E-state index in [1.165, 1.54) is 126 Å². The molecule has 11 aromatic rings. The Bertz CT molecular complexity index is 3490. The third-order valence-corrected chi connectivity index (χ3v) is 13.9. The van der Waals surface area contributed by atoms with Crippen molar-refractivity contribution in [1.82, 2.24) is 9.13 Å². The van der Waals surface area contributed by atoms with Gasteiger partial charge in [0.1, 0.15) is 0 Å². The van der Waals surface area contributed by atoms with Gasteiger partial charge in [-0.25, -0.2) is 0 Å². The lowest BCUT2D eigenvalue weighted by atomic mass is 9.34. The van der Waals surface area contributed by atoms with Gasteiger partial charge in [0.05, 0.1) is 11.0 Å². The quantitative estimate of drug-likeness (QED) is 0.148. The Labute approximate surface area is 344 Å². The standard InChI is InChI=1S/C56H43BN2/c1-55(2,3)38-28-44-42-22-33-15-7-9-17-35(33)24-48(42)58-50-26-37(41-21-13-19-32-14-11-12-20-40(32)41)27-51-52(50)57(46(30-38)53(44)58)47-31-39(56(4,5)6)29-45-43-23-34-16-8-10-18-36(34)25-49(43)59(51)54(45)47/h7-31H,1-6H3. The number of fused-ring (bicyclic) bond motifs is 13. The Balaban J connectivity index is 1.29. The number of hydrogen-bond acceptors (Lipinski definition) is 0. The fourth-order valence-corrected chi connectivity index (χ4v) is 10.9. The summed E-state index contributed by atoms with van der Waals surface area (Å²) >= 11 is 0. The van der Waals surface area contributed by atoms with E-state index in [1.807, 2.05) is 0 Å². The van der Waals surface area contributed by atoms with Gasteiger partial charge >= 0.3 is 0 Å². The Morgan fingerprint density at radius 1 is 0.390 bits per heavy atom. The minimum Gasteiger partial charge on any atom is -0.310 e. The zero-order valence-electron chi connectivity index (χ0n) is 34.4. The van der Waals surface area contributed by atoms with Crippen LogP contribution in [-0.4, -0.2) is 15.8 Å². The summed E-state index contributed by atoms with van der Waals surface area (Å²) in [6.45, 7) is 14.3. The molecule has 3 heteroatoms. The highest BCUT2D eigenvalue weighted by Crippen LogP contribution is 2.44. The van der Waals surface area contributed by atoms with Crippen molar-refractivity contribution < 1.29 is 0 Å². The maximum atomic E-state index is 2.65. The minimum absolute atomic E-state index is 0.0382. The van der Waals surface area contributed by atoms with E-state index in [-0.39, 0.29) is 17.5 Å². The Morgan fingerprint density at radius 3 is 1.32 bits per heavy atom. The molecule has 2 nitrogen and oxygen atoms in total. The normalized spacial score (nSPS) is 13.6. The number of benzene rings is 9. The molecule has 0 amide bonds. The topological polar surface area (TPSA) is 9.86 Å². The van der Waals surface area contributed by atoms with Gasteiger partial charge in [0.2, 0.25) is 0 Å². The first-order valence-electron chi connectivity index (χ1n) is 21.2. The molecule has 0 spiro atoms. The van der Waals surface area contributed by atoms with Crippen molar-refractivity contribution in [2.45, 2.75) is 52.4 Å². The van der Waals surface area contributed by atoms with Crippen LogP contribution in [0.4, 0.5) is 0 Å². The highest BCUT2D eigenvalue weighted by Gasteiger charge is 2.42. The molecule has 0 unspecified atom stereocenters.